The molecule has 0 spiro atoms. The molecule has 5 aliphatic carbocycles. The molecule has 0 amide bonds. The van der Waals surface area contributed by atoms with Crippen LogP contribution in [0.25, 0.3) is 0 Å². The lowest BCUT2D eigenvalue weighted by Crippen LogP contribution is -2.67. The van der Waals surface area contributed by atoms with Gasteiger partial charge in [0.05, 0.1) is 12.7 Å². The van der Waals surface area contributed by atoms with Gasteiger partial charge in [-0.05, 0) is 109 Å². The lowest BCUT2D eigenvalue weighted by atomic mass is 9.33. The highest BCUT2D eigenvalue weighted by atomic mass is 16.8. The number of hydrogen-bond donors (Lipinski definition) is 8. The van der Waals surface area contributed by atoms with Gasteiger partial charge in [0, 0.05) is 12.0 Å². The Balaban J connectivity index is 1.15. The minimum atomic E-state index is -1.92. The molecule has 0 aromatic carbocycles. The summed E-state index contributed by atoms with van der Waals surface area (Å²) in [7, 11) is 0. The smallest absolute Gasteiger partial charge is 0.335 e. The van der Waals surface area contributed by atoms with Crippen molar-refractivity contribution >= 4 is 5.97 Å². The van der Waals surface area contributed by atoms with Crippen LogP contribution < -0.4 is 0 Å². The van der Waals surface area contributed by atoms with Gasteiger partial charge < -0.3 is 59.8 Å². The van der Waals surface area contributed by atoms with Gasteiger partial charge >= 0.3 is 5.97 Å². The fourth-order valence-corrected chi connectivity index (χ4v) is 13.6. The van der Waals surface area contributed by atoms with Gasteiger partial charge in [-0.25, -0.2) is 4.79 Å². The zero-order valence-corrected chi connectivity index (χ0v) is 33.8. The number of fused-ring (bicyclic) bond motifs is 7. The molecule has 0 radical (unpaired) electrons. The van der Waals surface area contributed by atoms with E-state index in [1.54, 1.807) is 5.57 Å². The normalized spacial score (nSPS) is 53.2. The Hall–Kier alpha value is -1.23. The SMILES string of the molecule is CC1(C)CC[C@]2(CO)CC[C@]3(C)C(=CC[C@@H]4[C@@]5(C)CC[C@H](O[C@@H]6O[C@H](C(=O)O)[C@@H](O)[C@H](O)[C@H]6O[C@@H]6O[C@H](CO)[C@H](O)[C@H](O)[C@H]6O)C(C)(C)C5CC[C@]43C)C2C1. The van der Waals surface area contributed by atoms with E-state index in [0.717, 1.165) is 57.8 Å². The van der Waals surface area contributed by atoms with Gasteiger partial charge in [-0.3, -0.25) is 0 Å². The zero-order valence-electron chi connectivity index (χ0n) is 33.8. The molecular weight excluding hydrogens is 712 g/mol. The minimum absolute atomic E-state index is 0.0197. The summed E-state index contributed by atoms with van der Waals surface area (Å²) in [6, 6.07) is 0. The maximum atomic E-state index is 12.2. The molecule has 2 heterocycles. The second-order valence-electron chi connectivity index (χ2n) is 20.8. The summed E-state index contributed by atoms with van der Waals surface area (Å²) in [5.41, 5.74) is 1.39. The first kappa shape index (κ1) is 41.9. The van der Waals surface area contributed by atoms with Gasteiger partial charge in [-0.2, -0.15) is 0 Å². The van der Waals surface area contributed by atoms with E-state index >= 15 is 0 Å². The largest absolute Gasteiger partial charge is 0.479 e. The van der Waals surface area contributed by atoms with E-state index < -0.39 is 85.5 Å². The summed E-state index contributed by atoms with van der Waals surface area (Å²) < 4.78 is 24.0. The van der Waals surface area contributed by atoms with Crippen LogP contribution in [0.5, 0.6) is 0 Å². The van der Waals surface area contributed by atoms with Crippen LogP contribution in [0.1, 0.15) is 113 Å². The molecule has 7 rings (SSSR count). The van der Waals surface area contributed by atoms with E-state index in [0.29, 0.717) is 18.3 Å². The first-order valence-electron chi connectivity index (χ1n) is 20.8. The molecule has 6 fully saturated rings. The average Bonchev–Trinajstić information content (AvgIpc) is 3.12. The van der Waals surface area contributed by atoms with E-state index in [4.69, 9.17) is 18.9 Å². The van der Waals surface area contributed by atoms with Crippen LogP contribution >= 0.6 is 0 Å². The minimum Gasteiger partial charge on any atom is -0.479 e. The number of aliphatic hydroxyl groups excluding tert-OH is 7. The zero-order chi connectivity index (χ0) is 40.3. The lowest BCUT2D eigenvalue weighted by molar-refractivity contribution is -0.374. The predicted octanol–water partition coefficient (Wildman–Crippen LogP) is 2.88. The van der Waals surface area contributed by atoms with E-state index in [1.807, 2.05) is 0 Å². The van der Waals surface area contributed by atoms with E-state index in [2.05, 4.69) is 54.5 Å². The first-order chi connectivity index (χ1) is 25.6. The third-order valence-electron chi connectivity index (χ3n) is 17.3. The van der Waals surface area contributed by atoms with Gasteiger partial charge in [0.2, 0.25) is 0 Å². The van der Waals surface area contributed by atoms with Crippen molar-refractivity contribution in [1.82, 2.24) is 0 Å². The number of carboxylic acid groups (broad SMARTS) is 1. The highest BCUT2D eigenvalue weighted by Crippen LogP contribution is 2.76. The van der Waals surface area contributed by atoms with E-state index in [-0.39, 0.29) is 39.6 Å². The molecule has 0 aromatic heterocycles. The first-order valence-corrected chi connectivity index (χ1v) is 20.8. The molecule has 18 atom stereocenters. The molecular formula is C42H68O13. The van der Waals surface area contributed by atoms with Crippen molar-refractivity contribution in [2.45, 2.75) is 180 Å². The Morgan fingerprint density at radius 3 is 2.11 bits per heavy atom. The molecule has 8 N–H and O–H groups in total. The van der Waals surface area contributed by atoms with Crippen molar-refractivity contribution in [2.24, 2.45) is 50.2 Å². The van der Waals surface area contributed by atoms with Crippen molar-refractivity contribution < 1.29 is 64.6 Å². The van der Waals surface area contributed by atoms with Crippen molar-refractivity contribution in [1.29, 1.82) is 0 Å². The second-order valence-corrected chi connectivity index (χ2v) is 20.8. The van der Waals surface area contributed by atoms with Gasteiger partial charge in [0.15, 0.2) is 18.7 Å². The number of aliphatic carboxylic acids is 1. The van der Waals surface area contributed by atoms with E-state index in [1.165, 1.54) is 0 Å². The number of carbonyl (C=O) groups is 1. The average molecular weight is 781 g/mol. The fourth-order valence-electron chi connectivity index (χ4n) is 13.6. The Bertz CT molecular complexity index is 1480. The number of hydrogen-bond acceptors (Lipinski definition) is 12. The number of carboxylic acids is 1. The van der Waals surface area contributed by atoms with Crippen LogP contribution in [0, 0.1) is 50.2 Å². The standard InChI is InChI=1S/C42H68O13/c1-37(2)14-16-42(20-44)17-15-40(6)21(22(42)18-37)8-9-25-39(5)12-11-26(38(3,4)24(39)10-13-41(25,40)7)53-36-33(30(48)29(47)32(54-36)34(50)51)55-35-31(49)28(46)27(45)23(19-43)52-35/h8,22-33,35-36,43-49H,9-20H2,1-7H3,(H,50,51)/t22?,23-,24?,25-,26+,27+,28+,29+,30+,31-,32+,33-,35+,36-,39+,40-,41-,42-/m1/s1. The van der Waals surface area contributed by atoms with E-state index in [9.17, 15) is 45.6 Å². The summed E-state index contributed by atoms with van der Waals surface area (Å²) in [5.74, 6) is -0.473. The van der Waals surface area contributed by atoms with Gasteiger partial charge in [-0.1, -0.05) is 60.1 Å². The molecule has 13 nitrogen and oxygen atoms in total. The maximum Gasteiger partial charge on any atom is 0.335 e. The van der Waals surface area contributed by atoms with Crippen LogP contribution in [-0.2, 0) is 23.7 Å². The quantitative estimate of drug-likeness (QED) is 0.138. The van der Waals surface area contributed by atoms with Crippen molar-refractivity contribution in [3.63, 3.8) is 0 Å². The van der Waals surface area contributed by atoms with Crippen LogP contribution in [0.4, 0.5) is 0 Å². The molecule has 0 bridgehead atoms. The fraction of sp³-hybridized carbons (Fsp3) is 0.929. The van der Waals surface area contributed by atoms with Crippen LogP contribution in [-0.4, -0.2) is 128 Å². The number of aliphatic hydroxyl groups is 7. The van der Waals surface area contributed by atoms with Crippen molar-refractivity contribution in [3.05, 3.63) is 11.6 Å². The highest BCUT2D eigenvalue weighted by Gasteiger charge is 2.69. The number of allylic oxidation sites excluding steroid dienone is 2. The van der Waals surface area contributed by atoms with Gasteiger partial charge in [0.25, 0.3) is 0 Å². The lowest BCUT2D eigenvalue weighted by Gasteiger charge is -2.71. The van der Waals surface area contributed by atoms with Crippen LogP contribution in [0.15, 0.2) is 11.6 Å². The molecule has 7 aliphatic rings. The molecule has 2 unspecified atom stereocenters. The molecule has 55 heavy (non-hydrogen) atoms. The Kier molecular flexibility index (Phi) is 10.8. The Labute approximate surface area is 325 Å². The van der Waals surface area contributed by atoms with Crippen LogP contribution in [0.2, 0.25) is 0 Å². The molecule has 4 saturated carbocycles. The Morgan fingerprint density at radius 1 is 0.764 bits per heavy atom. The van der Waals surface area contributed by atoms with Crippen molar-refractivity contribution in [2.75, 3.05) is 13.2 Å². The molecule has 13 heteroatoms. The number of rotatable bonds is 7. The second kappa shape index (κ2) is 14.2. The highest BCUT2D eigenvalue weighted by molar-refractivity contribution is 5.73. The summed E-state index contributed by atoms with van der Waals surface area (Å²) in [6.45, 7) is 16.2. The van der Waals surface area contributed by atoms with Gasteiger partial charge in [-0.15, -0.1) is 0 Å². The summed E-state index contributed by atoms with van der Waals surface area (Å²) in [6.07, 6.45) is -4.80. The molecule has 0 aromatic rings. The summed E-state index contributed by atoms with van der Waals surface area (Å²) in [5, 5.41) is 84.0. The molecule has 314 valence electrons. The molecule has 2 aliphatic heterocycles. The summed E-state index contributed by atoms with van der Waals surface area (Å²) in [4.78, 5) is 12.2. The summed E-state index contributed by atoms with van der Waals surface area (Å²) >= 11 is 0. The maximum absolute atomic E-state index is 12.2. The predicted molar refractivity (Wildman–Crippen MR) is 198 cm³/mol. The third-order valence-corrected chi connectivity index (χ3v) is 17.3. The third kappa shape index (κ3) is 6.31. The topological polar surface area (TPSA) is 216 Å². The number of ether oxygens (including phenoxy) is 4. The molecule has 2 saturated heterocycles. The van der Waals surface area contributed by atoms with Crippen molar-refractivity contribution in [3.8, 4) is 0 Å². The Morgan fingerprint density at radius 2 is 1.45 bits per heavy atom. The van der Waals surface area contributed by atoms with Gasteiger partial charge in [0.1, 0.15) is 42.7 Å². The van der Waals surface area contributed by atoms with Crippen LogP contribution in [0.3, 0.4) is 0 Å². The monoisotopic (exact) mass is 780 g/mol.